The Bertz CT molecular complexity index is 508. The summed E-state index contributed by atoms with van der Waals surface area (Å²) in [7, 11) is 0. The Morgan fingerprint density at radius 2 is 2.00 bits per heavy atom. The second-order valence-corrected chi connectivity index (χ2v) is 4.14. The van der Waals surface area contributed by atoms with Crippen molar-refractivity contribution >= 4 is 23.2 Å². The van der Waals surface area contributed by atoms with Crippen molar-refractivity contribution in [1.82, 2.24) is 0 Å². The minimum Gasteiger partial charge on any atom is -0.459 e. The summed E-state index contributed by atoms with van der Waals surface area (Å²) < 4.78 is 5.11. The normalized spacial score (nSPS) is 10.3. The van der Waals surface area contributed by atoms with Crippen molar-refractivity contribution in [3.8, 4) is 0 Å². The number of halogens is 1. The van der Waals surface area contributed by atoms with Crippen LogP contribution in [-0.2, 0) is 0 Å². The number of carbonyl (C=O) groups excluding carboxylic acids is 1. The number of hydrogen-bond donors (Lipinski definition) is 1. The lowest BCUT2D eigenvalue weighted by molar-refractivity contribution is 0.0961. The van der Waals surface area contributed by atoms with Gasteiger partial charge < -0.3 is 15.1 Å². The van der Waals surface area contributed by atoms with Crippen LogP contribution in [0.1, 0.15) is 10.6 Å². The Kier molecular flexibility index (Phi) is 4.02. The third-order valence-electron chi connectivity index (χ3n) is 2.47. The van der Waals surface area contributed by atoms with E-state index in [0.717, 1.165) is 5.69 Å². The van der Waals surface area contributed by atoms with Crippen LogP contribution >= 0.6 is 11.6 Å². The van der Waals surface area contributed by atoms with Gasteiger partial charge in [-0.05, 0) is 36.4 Å². The van der Waals surface area contributed by atoms with Gasteiger partial charge in [-0.1, -0.05) is 11.6 Å². The maximum absolute atomic E-state index is 12.2. The van der Waals surface area contributed by atoms with Crippen molar-refractivity contribution in [2.45, 2.75) is 0 Å². The first-order valence-electron chi connectivity index (χ1n) is 5.53. The molecule has 0 bridgehead atoms. The molecule has 94 valence electrons. The Morgan fingerprint density at radius 3 is 2.56 bits per heavy atom. The van der Waals surface area contributed by atoms with Gasteiger partial charge in [-0.3, -0.25) is 4.79 Å². The maximum Gasteiger partial charge on any atom is 0.293 e. The van der Waals surface area contributed by atoms with Gasteiger partial charge in [0.15, 0.2) is 5.76 Å². The van der Waals surface area contributed by atoms with Crippen LogP contribution in [0.5, 0.6) is 0 Å². The minimum atomic E-state index is -0.215. The third kappa shape index (κ3) is 2.72. The van der Waals surface area contributed by atoms with Crippen LogP contribution in [-0.4, -0.2) is 19.0 Å². The zero-order valence-corrected chi connectivity index (χ0v) is 10.4. The van der Waals surface area contributed by atoms with E-state index in [-0.39, 0.29) is 5.91 Å². The van der Waals surface area contributed by atoms with Gasteiger partial charge in [0.05, 0.1) is 6.26 Å². The molecule has 0 aliphatic rings. The summed E-state index contributed by atoms with van der Waals surface area (Å²) in [5.74, 6) is 0.0752. The van der Waals surface area contributed by atoms with Gasteiger partial charge >= 0.3 is 0 Å². The molecule has 0 radical (unpaired) electrons. The van der Waals surface area contributed by atoms with E-state index in [1.54, 1.807) is 41.3 Å². The number of furan rings is 1. The monoisotopic (exact) mass is 264 g/mol. The Hall–Kier alpha value is -1.78. The predicted octanol–water partition coefficient (Wildman–Crippen LogP) is 2.54. The highest BCUT2D eigenvalue weighted by atomic mass is 35.5. The summed E-state index contributed by atoms with van der Waals surface area (Å²) in [5, 5.41) is 0.622. The molecule has 0 unspecified atom stereocenters. The van der Waals surface area contributed by atoms with Crippen molar-refractivity contribution in [3.05, 3.63) is 53.4 Å². The first-order valence-corrected chi connectivity index (χ1v) is 5.91. The smallest absolute Gasteiger partial charge is 0.293 e. The highest BCUT2D eigenvalue weighted by Crippen LogP contribution is 2.20. The summed E-state index contributed by atoms with van der Waals surface area (Å²) in [6.07, 6.45) is 1.47. The first kappa shape index (κ1) is 12.7. The molecule has 0 atom stereocenters. The van der Waals surface area contributed by atoms with Gasteiger partial charge in [-0.25, -0.2) is 0 Å². The van der Waals surface area contributed by atoms with E-state index < -0.39 is 0 Å². The SMILES string of the molecule is NCCN(C(=O)c1ccco1)c1ccc(Cl)cc1. The second-order valence-electron chi connectivity index (χ2n) is 3.70. The van der Waals surface area contributed by atoms with Crippen molar-refractivity contribution in [2.24, 2.45) is 5.73 Å². The summed E-state index contributed by atoms with van der Waals surface area (Å²) >= 11 is 5.83. The number of benzene rings is 1. The second kappa shape index (κ2) is 5.71. The number of carbonyl (C=O) groups is 1. The molecule has 0 aliphatic carbocycles. The Morgan fingerprint density at radius 1 is 1.28 bits per heavy atom. The molecule has 0 spiro atoms. The van der Waals surface area contributed by atoms with E-state index in [9.17, 15) is 4.79 Å². The topological polar surface area (TPSA) is 59.5 Å². The average molecular weight is 265 g/mol. The molecule has 0 saturated heterocycles. The van der Waals surface area contributed by atoms with Gasteiger partial charge in [-0.2, -0.15) is 0 Å². The Balaban J connectivity index is 2.28. The van der Waals surface area contributed by atoms with Crippen LogP contribution in [0.15, 0.2) is 47.1 Å². The first-order chi connectivity index (χ1) is 8.72. The lowest BCUT2D eigenvalue weighted by Gasteiger charge is -2.21. The molecule has 0 aliphatic heterocycles. The van der Waals surface area contributed by atoms with Gasteiger partial charge in [0.1, 0.15) is 0 Å². The van der Waals surface area contributed by atoms with E-state index in [1.165, 1.54) is 6.26 Å². The molecule has 1 aromatic heterocycles. The van der Waals surface area contributed by atoms with Crippen LogP contribution in [0, 0.1) is 0 Å². The number of hydrogen-bond acceptors (Lipinski definition) is 3. The third-order valence-corrected chi connectivity index (χ3v) is 2.72. The molecule has 4 nitrogen and oxygen atoms in total. The lowest BCUT2D eigenvalue weighted by Crippen LogP contribution is -2.35. The molecular formula is C13H13ClN2O2. The fourth-order valence-electron chi connectivity index (χ4n) is 1.63. The van der Waals surface area contributed by atoms with Crippen LogP contribution in [0.2, 0.25) is 5.02 Å². The van der Waals surface area contributed by atoms with Crippen molar-refractivity contribution in [2.75, 3.05) is 18.0 Å². The minimum absolute atomic E-state index is 0.215. The fourth-order valence-corrected chi connectivity index (χ4v) is 1.76. The van der Waals surface area contributed by atoms with E-state index in [1.807, 2.05) is 0 Å². The van der Waals surface area contributed by atoms with Crippen molar-refractivity contribution in [1.29, 1.82) is 0 Å². The van der Waals surface area contributed by atoms with Crippen LogP contribution < -0.4 is 10.6 Å². The van der Waals surface area contributed by atoms with Gasteiger partial charge in [0.2, 0.25) is 0 Å². The van der Waals surface area contributed by atoms with Crippen molar-refractivity contribution in [3.63, 3.8) is 0 Å². The van der Waals surface area contributed by atoms with E-state index in [4.69, 9.17) is 21.8 Å². The standard InChI is InChI=1S/C13H13ClN2O2/c14-10-3-5-11(6-4-10)16(8-7-15)13(17)12-2-1-9-18-12/h1-6,9H,7-8,15H2. The molecule has 1 heterocycles. The van der Waals surface area contributed by atoms with Crippen molar-refractivity contribution < 1.29 is 9.21 Å². The Labute approximate surface area is 110 Å². The number of amides is 1. The van der Waals surface area contributed by atoms with Crippen LogP contribution in [0.25, 0.3) is 0 Å². The van der Waals surface area contributed by atoms with Gasteiger partial charge in [-0.15, -0.1) is 0 Å². The zero-order valence-electron chi connectivity index (χ0n) is 9.67. The van der Waals surface area contributed by atoms with Gasteiger partial charge in [0, 0.05) is 23.8 Å². The summed E-state index contributed by atoms with van der Waals surface area (Å²) in [4.78, 5) is 13.8. The van der Waals surface area contributed by atoms with E-state index in [0.29, 0.717) is 23.9 Å². The summed E-state index contributed by atoms with van der Waals surface area (Å²) in [6.45, 7) is 0.788. The zero-order chi connectivity index (χ0) is 13.0. The molecule has 2 aromatic rings. The number of anilines is 1. The molecule has 0 fully saturated rings. The fraction of sp³-hybridized carbons (Fsp3) is 0.154. The predicted molar refractivity (Wildman–Crippen MR) is 70.9 cm³/mol. The number of nitrogens with two attached hydrogens (primary N) is 1. The molecule has 1 amide bonds. The quantitative estimate of drug-likeness (QED) is 0.923. The number of nitrogens with zero attached hydrogens (tertiary/aromatic N) is 1. The largest absolute Gasteiger partial charge is 0.459 e. The summed E-state index contributed by atoms with van der Waals surface area (Å²) in [6, 6.07) is 10.3. The molecule has 1 aromatic carbocycles. The average Bonchev–Trinajstić information content (AvgIpc) is 2.90. The molecule has 5 heteroatoms. The van der Waals surface area contributed by atoms with E-state index >= 15 is 0 Å². The molecule has 18 heavy (non-hydrogen) atoms. The molecule has 2 N–H and O–H groups in total. The number of rotatable bonds is 4. The van der Waals surface area contributed by atoms with E-state index in [2.05, 4.69) is 0 Å². The van der Waals surface area contributed by atoms with Crippen LogP contribution in [0.4, 0.5) is 5.69 Å². The molecular weight excluding hydrogens is 252 g/mol. The molecule has 2 rings (SSSR count). The van der Waals surface area contributed by atoms with Crippen LogP contribution in [0.3, 0.4) is 0 Å². The highest BCUT2D eigenvalue weighted by Gasteiger charge is 2.19. The molecule has 0 saturated carbocycles. The van der Waals surface area contributed by atoms with Gasteiger partial charge in [0.25, 0.3) is 5.91 Å². The lowest BCUT2D eigenvalue weighted by atomic mass is 10.2. The highest BCUT2D eigenvalue weighted by molar-refractivity contribution is 6.30. The maximum atomic E-state index is 12.2. The summed E-state index contributed by atoms with van der Waals surface area (Å²) in [5.41, 5.74) is 6.28.